The number of hydrogen-bond donors (Lipinski definition) is 0. The molecule has 0 bridgehead atoms. The van der Waals surface area contributed by atoms with Gasteiger partial charge in [0.05, 0.1) is 11.5 Å². The molecule has 26 heavy (non-hydrogen) atoms. The van der Waals surface area contributed by atoms with E-state index in [0.29, 0.717) is 0 Å². The second-order valence-corrected chi connectivity index (χ2v) is 8.70. The van der Waals surface area contributed by atoms with Gasteiger partial charge in [-0.3, -0.25) is 0 Å². The third kappa shape index (κ3) is 11.3. The molecule has 1 heterocycles. The molecule has 0 spiro atoms. The number of unbranched alkanes of at least 4 members (excludes halogenated alkanes) is 13. The molecule has 0 saturated carbocycles. The molecule has 3 heteroatoms. The first-order valence-electron chi connectivity index (χ1n) is 11.2. The lowest BCUT2D eigenvalue weighted by Crippen LogP contribution is -2.34. The van der Waals surface area contributed by atoms with Crippen LogP contribution >= 0.6 is 11.3 Å². The van der Waals surface area contributed by atoms with Gasteiger partial charge in [0.15, 0.2) is 5.69 Å². The lowest BCUT2D eigenvalue weighted by atomic mass is 10.0. The molecule has 0 amide bonds. The van der Waals surface area contributed by atoms with Crippen LogP contribution in [0.5, 0.6) is 0 Å². The van der Waals surface area contributed by atoms with Crippen LogP contribution in [-0.2, 0) is 17.7 Å². The number of rotatable bonds is 18. The summed E-state index contributed by atoms with van der Waals surface area (Å²) in [5, 5.41) is 0. The van der Waals surface area contributed by atoms with Crippen molar-refractivity contribution in [1.82, 2.24) is 0 Å². The number of ether oxygens (including phenoxy) is 1. The second kappa shape index (κ2) is 16.7. The fraction of sp³-hybridized carbons (Fsp3) is 0.870. The van der Waals surface area contributed by atoms with E-state index in [4.69, 9.17) is 4.74 Å². The average Bonchev–Trinajstić information content (AvgIpc) is 3.00. The van der Waals surface area contributed by atoms with Gasteiger partial charge in [0, 0.05) is 26.9 Å². The van der Waals surface area contributed by atoms with Crippen LogP contribution in [0.4, 0.5) is 0 Å². The van der Waals surface area contributed by atoms with E-state index in [1.807, 2.05) is 11.3 Å². The zero-order chi connectivity index (χ0) is 18.9. The Kier molecular flexibility index (Phi) is 15.2. The van der Waals surface area contributed by atoms with E-state index >= 15 is 0 Å². The molecule has 2 nitrogen and oxygen atoms in total. The van der Waals surface area contributed by atoms with Crippen molar-refractivity contribution in [2.24, 2.45) is 0 Å². The first kappa shape index (κ1) is 23.6. The fourth-order valence-corrected chi connectivity index (χ4v) is 4.59. The van der Waals surface area contributed by atoms with Gasteiger partial charge < -0.3 is 4.74 Å². The van der Waals surface area contributed by atoms with E-state index < -0.39 is 0 Å². The van der Waals surface area contributed by atoms with E-state index in [1.165, 1.54) is 107 Å². The van der Waals surface area contributed by atoms with Crippen molar-refractivity contribution in [2.75, 3.05) is 13.7 Å². The van der Waals surface area contributed by atoms with E-state index in [2.05, 4.69) is 23.9 Å². The quantitative estimate of drug-likeness (QED) is 0.196. The Morgan fingerprint density at radius 2 is 1.31 bits per heavy atom. The van der Waals surface area contributed by atoms with Crippen LogP contribution in [0.15, 0.2) is 5.51 Å². The summed E-state index contributed by atoms with van der Waals surface area (Å²) in [5.74, 6) is 0. The fourth-order valence-electron chi connectivity index (χ4n) is 3.58. The van der Waals surface area contributed by atoms with Crippen LogP contribution in [-0.4, -0.2) is 13.7 Å². The number of aromatic nitrogens is 1. The molecule has 0 aliphatic heterocycles. The molecule has 1 rings (SSSR count). The predicted octanol–water partition coefficient (Wildman–Crippen LogP) is 7.01. The number of methoxy groups -OCH3 is 1. The Morgan fingerprint density at radius 3 is 1.81 bits per heavy atom. The van der Waals surface area contributed by atoms with Crippen LogP contribution in [0.3, 0.4) is 0 Å². The molecule has 0 N–H and O–H groups in total. The van der Waals surface area contributed by atoms with Gasteiger partial charge in [-0.15, -0.1) is 0 Å². The minimum Gasteiger partial charge on any atom is -0.384 e. The number of thiazole rings is 1. The smallest absolute Gasteiger partial charge is 0.225 e. The molecular weight excluding hydrogens is 338 g/mol. The highest BCUT2D eigenvalue weighted by Gasteiger charge is 2.14. The summed E-state index contributed by atoms with van der Waals surface area (Å²) < 4.78 is 7.63. The largest absolute Gasteiger partial charge is 0.384 e. The van der Waals surface area contributed by atoms with E-state index in [9.17, 15) is 0 Å². The third-order valence-electron chi connectivity index (χ3n) is 5.44. The normalized spacial score (nSPS) is 11.3. The molecule has 0 aliphatic rings. The van der Waals surface area contributed by atoms with Crippen LogP contribution < -0.4 is 4.57 Å². The monoisotopic (exact) mass is 382 g/mol. The summed E-state index contributed by atoms with van der Waals surface area (Å²) in [6.07, 6.45) is 21.1. The van der Waals surface area contributed by atoms with E-state index in [1.54, 1.807) is 7.11 Å². The van der Waals surface area contributed by atoms with Crippen molar-refractivity contribution < 1.29 is 9.30 Å². The van der Waals surface area contributed by atoms with E-state index in [0.717, 1.165) is 13.0 Å². The lowest BCUT2D eigenvalue weighted by molar-refractivity contribution is -0.698. The molecule has 0 radical (unpaired) electrons. The van der Waals surface area contributed by atoms with Crippen molar-refractivity contribution in [2.45, 2.75) is 117 Å². The van der Waals surface area contributed by atoms with E-state index in [-0.39, 0.29) is 0 Å². The summed E-state index contributed by atoms with van der Waals surface area (Å²) in [5.41, 5.74) is 3.74. The topological polar surface area (TPSA) is 13.1 Å². The molecule has 0 atom stereocenters. The summed E-state index contributed by atoms with van der Waals surface area (Å²) >= 11 is 1.89. The van der Waals surface area contributed by atoms with Gasteiger partial charge in [0.1, 0.15) is 6.54 Å². The maximum absolute atomic E-state index is 5.19. The Bertz CT molecular complexity index is 430. The number of nitrogens with zero attached hydrogens (tertiary/aromatic N) is 1. The van der Waals surface area contributed by atoms with Gasteiger partial charge >= 0.3 is 0 Å². The highest BCUT2D eigenvalue weighted by molar-refractivity contribution is 7.09. The number of aryl methyl sites for hydroxylation is 1. The Hall–Kier alpha value is -0.410. The van der Waals surface area contributed by atoms with Gasteiger partial charge in [-0.25, -0.2) is 0 Å². The van der Waals surface area contributed by atoms with Gasteiger partial charge in [0.25, 0.3) is 0 Å². The second-order valence-electron chi connectivity index (χ2n) is 7.76. The molecule has 0 fully saturated rings. The highest BCUT2D eigenvalue weighted by Crippen LogP contribution is 2.14. The maximum atomic E-state index is 5.19. The standard InChI is InChI=1S/C23H44NOS/c1-4-5-6-7-8-9-10-11-12-13-14-15-16-17-19-24-21-26-23(22(24)2)18-20-25-3/h21H,4-20H2,1-3H3/q+1. The zero-order valence-corrected chi connectivity index (χ0v) is 18.7. The zero-order valence-electron chi connectivity index (χ0n) is 17.9. The first-order chi connectivity index (χ1) is 12.8. The molecule has 1 aromatic heterocycles. The molecular formula is C23H44NOS+. The summed E-state index contributed by atoms with van der Waals surface area (Å²) in [6.45, 7) is 6.57. The van der Waals surface area contributed by atoms with Crippen LogP contribution in [0.25, 0.3) is 0 Å². The summed E-state index contributed by atoms with van der Waals surface area (Å²) in [7, 11) is 1.78. The minimum atomic E-state index is 0.834. The highest BCUT2D eigenvalue weighted by atomic mass is 32.1. The summed E-state index contributed by atoms with van der Waals surface area (Å²) in [6, 6.07) is 0. The van der Waals surface area contributed by atoms with Crippen molar-refractivity contribution in [1.29, 1.82) is 0 Å². The van der Waals surface area contributed by atoms with Gasteiger partial charge in [-0.05, 0) is 6.42 Å². The molecule has 1 aromatic rings. The maximum Gasteiger partial charge on any atom is 0.225 e. The first-order valence-corrected chi connectivity index (χ1v) is 12.1. The molecule has 0 saturated heterocycles. The third-order valence-corrected chi connectivity index (χ3v) is 6.59. The SMILES string of the molecule is CCCCCCCCCCCCCCCC[n+]1csc(CCOC)c1C. The van der Waals surface area contributed by atoms with Crippen LogP contribution in [0, 0.1) is 6.92 Å². The van der Waals surface area contributed by atoms with Crippen molar-refractivity contribution in [3.05, 3.63) is 16.1 Å². The van der Waals surface area contributed by atoms with Crippen molar-refractivity contribution >= 4 is 11.3 Å². The lowest BCUT2D eigenvalue weighted by Gasteiger charge is -2.03. The molecule has 0 aromatic carbocycles. The Labute approximate surface area is 167 Å². The predicted molar refractivity (Wildman–Crippen MR) is 115 cm³/mol. The van der Waals surface area contributed by atoms with Crippen LogP contribution in [0.2, 0.25) is 0 Å². The number of hydrogen-bond acceptors (Lipinski definition) is 2. The van der Waals surface area contributed by atoms with Crippen molar-refractivity contribution in [3.8, 4) is 0 Å². The van der Waals surface area contributed by atoms with Crippen LogP contribution in [0.1, 0.15) is 107 Å². The Morgan fingerprint density at radius 1 is 0.808 bits per heavy atom. The average molecular weight is 383 g/mol. The summed E-state index contributed by atoms with van der Waals surface area (Å²) in [4.78, 5) is 1.48. The molecule has 0 aliphatic carbocycles. The minimum absolute atomic E-state index is 0.834. The van der Waals surface area contributed by atoms with Gasteiger partial charge in [-0.2, -0.15) is 4.57 Å². The van der Waals surface area contributed by atoms with Gasteiger partial charge in [0.2, 0.25) is 5.51 Å². The molecule has 0 unspecified atom stereocenters. The van der Waals surface area contributed by atoms with Crippen molar-refractivity contribution in [3.63, 3.8) is 0 Å². The Balaban J connectivity index is 1.88. The van der Waals surface area contributed by atoms with Gasteiger partial charge in [-0.1, -0.05) is 95.3 Å². The molecule has 152 valence electrons.